The smallest absolute Gasteiger partial charge is 0.231 e. The number of rotatable bonds is 4. The van der Waals surface area contributed by atoms with Gasteiger partial charge in [-0.15, -0.1) is 0 Å². The third kappa shape index (κ3) is 3.16. The summed E-state index contributed by atoms with van der Waals surface area (Å²) in [6, 6.07) is 5.58. The Hall–Kier alpha value is -3.22. The van der Waals surface area contributed by atoms with Crippen molar-refractivity contribution in [3.63, 3.8) is 0 Å². The van der Waals surface area contributed by atoms with E-state index in [1.807, 2.05) is 19.1 Å². The number of nitrogens with zero attached hydrogens (tertiary/aromatic N) is 2. The molecule has 0 radical (unpaired) electrons. The molecule has 1 aliphatic carbocycles. The number of carbonyl (C=O) groups excluding carboxylic acids is 1. The van der Waals surface area contributed by atoms with Crippen LogP contribution >= 0.6 is 0 Å². The van der Waals surface area contributed by atoms with Crippen molar-refractivity contribution in [3.05, 3.63) is 42.4 Å². The Balaban J connectivity index is 1.75. The summed E-state index contributed by atoms with van der Waals surface area (Å²) in [5.41, 5.74) is 16.3. The number of pyridine rings is 2. The Morgan fingerprint density at radius 1 is 1.22 bits per heavy atom. The van der Waals surface area contributed by atoms with Gasteiger partial charge >= 0.3 is 0 Å². The highest BCUT2D eigenvalue weighted by Crippen LogP contribution is 2.36. The van der Waals surface area contributed by atoms with Crippen LogP contribution in [0.1, 0.15) is 18.9 Å². The summed E-state index contributed by atoms with van der Waals surface area (Å²) in [7, 11) is 0. The van der Waals surface area contributed by atoms with Crippen molar-refractivity contribution in [2.45, 2.75) is 25.9 Å². The maximum atomic E-state index is 13.1. The van der Waals surface area contributed by atoms with Crippen molar-refractivity contribution in [1.82, 2.24) is 9.97 Å². The molecule has 2 aromatic heterocycles. The molecule has 0 aliphatic heterocycles. The zero-order chi connectivity index (χ0) is 19.1. The van der Waals surface area contributed by atoms with Crippen molar-refractivity contribution in [3.8, 4) is 11.1 Å². The Morgan fingerprint density at radius 3 is 2.70 bits per heavy atom. The van der Waals surface area contributed by atoms with E-state index in [2.05, 4.69) is 15.3 Å². The second-order valence-corrected chi connectivity index (χ2v) is 6.81. The number of hydrogen-bond acceptors (Lipinski definition) is 5. The average Bonchev–Trinajstić information content (AvgIpc) is 3.38. The van der Waals surface area contributed by atoms with Crippen LogP contribution in [0.3, 0.4) is 0 Å². The van der Waals surface area contributed by atoms with Gasteiger partial charge in [0.2, 0.25) is 5.91 Å². The molecule has 1 amide bonds. The van der Waals surface area contributed by atoms with E-state index in [1.165, 1.54) is 0 Å². The highest BCUT2D eigenvalue weighted by Gasteiger charge is 2.43. The van der Waals surface area contributed by atoms with Crippen molar-refractivity contribution in [2.24, 2.45) is 5.92 Å². The molecule has 5 N–H and O–H groups in total. The van der Waals surface area contributed by atoms with Gasteiger partial charge in [-0.2, -0.15) is 0 Å². The van der Waals surface area contributed by atoms with E-state index in [9.17, 15) is 9.18 Å². The molecule has 138 valence electrons. The van der Waals surface area contributed by atoms with Gasteiger partial charge in [0.05, 0.1) is 17.8 Å². The van der Waals surface area contributed by atoms with E-state index < -0.39 is 12.1 Å². The van der Waals surface area contributed by atoms with Gasteiger partial charge in [0, 0.05) is 29.0 Å². The first-order chi connectivity index (χ1) is 13.0. The molecule has 1 fully saturated rings. The van der Waals surface area contributed by atoms with Gasteiger partial charge in [0.25, 0.3) is 0 Å². The standard InChI is InChI=1S/C20H20FN5O/c1-2-12-14(7-24-9-18(12)23)10-3-11-5-19(25-8-15(11)17(22)4-10)26-20(27)13-6-16(13)21/h3-5,7-9,13,16H,2,6,22-23H2,1H3,(H,25,26,27)/t13-,16+/m0/s1. The van der Waals surface area contributed by atoms with E-state index in [1.54, 1.807) is 24.7 Å². The van der Waals surface area contributed by atoms with Crippen molar-refractivity contribution in [1.29, 1.82) is 0 Å². The molecule has 3 aromatic rings. The zero-order valence-corrected chi connectivity index (χ0v) is 14.9. The fraction of sp³-hybridized carbons (Fsp3) is 0.250. The maximum Gasteiger partial charge on any atom is 0.231 e. The summed E-state index contributed by atoms with van der Waals surface area (Å²) in [4.78, 5) is 20.4. The number of benzene rings is 1. The number of anilines is 3. The lowest BCUT2D eigenvalue weighted by Crippen LogP contribution is -2.15. The molecular formula is C20H20FN5O. The molecule has 1 saturated carbocycles. The van der Waals surface area contributed by atoms with Gasteiger partial charge in [-0.05, 0) is 47.6 Å². The Labute approximate surface area is 155 Å². The first-order valence-corrected chi connectivity index (χ1v) is 8.85. The SMILES string of the molecule is CCc1c(N)cncc1-c1cc(N)c2cnc(NC(=O)[C@H]3C[C@H]3F)cc2c1. The predicted molar refractivity (Wildman–Crippen MR) is 105 cm³/mol. The first-order valence-electron chi connectivity index (χ1n) is 8.85. The Kier molecular flexibility index (Phi) is 4.14. The third-order valence-electron chi connectivity index (χ3n) is 4.92. The normalized spacial score (nSPS) is 18.4. The zero-order valence-electron chi connectivity index (χ0n) is 14.9. The number of aromatic nitrogens is 2. The number of nitrogen functional groups attached to an aromatic ring is 2. The molecule has 0 unspecified atom stereocenters. The minimum absolute atomic E-state index is 0.277. The van der Waals surface area contributed by atoms with Crippen LogP contribution in [-0.4, -0.2) is 22.0 Å². The highest BCUT2D eigenvalue weighted by molar-refractivity contribution is 6.00. The van der Waals surface area contributed by atoms with Crippen LogP contribution in [0.25, 0.3) is 21.9 Å². The van der Waals surface area contributed by atoms with Gasteiger partial charge in [0.1, 0.15) is 12.0 Å². The minimum Gasteiger partial charge on any atom is -0.398 e. The lowest BCUT2D eigenvalue weighted by molar-refractivity contribution is -0.117. The van der Waals surface area contributed by atoms with Crippen LogP contribution in [0.15, 0.2) is 36.8 Å². The van der Waals surface area contributed by atoms with Crippen LogP contribution in [-0.2, 0) is 11.2 Å². The largest absolute Gasteiger partial charge is 0.398 e. The molecule has 4 rings (SSSR count). The lowest BCUT2D eigenvalue weighted by Gasteiger charge is -2.13. The van der Waals surface area contributed by atoms with Crippen LogP contribution in [0, 0.1) is 5.92 Å². The summed E-state index contributed by atoms with van der Waals surface area (Å²) in [6.07, 6.45) is 5.02. The third-order valence-corrected chi connectivity index (χ3v) is 4.92. The molecular weight excluding hydrogens is 345 g/mol. The number of nitrogens with one attached hydrogen (secondary N) is 1. The van der Waals surface area contributed by atoms with Crippen LogP contribution in [0.4, 0.5) is 21.6 Å². The number of amides is 1. The number of halogens is 1. The van der Waals surface area contributed by atoms with E-state index in [4.69, 9.17) is 11.5 Å². The van der Waals surface area contributed by atoms with Crippen molar-refractivity contribution >= 4 is 33.9 Å². The second-order valence-electron chi connectivity index (χ2n) is 6.81. The molecule has 7 heteroatoms. The average molecular weight is 365 g/mol. The monoisotopic (exact) mass is 365 g/mol. The van der Waals surface area contributed by atoms with Crippen LogP contribution in [0.2, 0.25) is 0 Å². The summed E-state index contributed by atoms with van der Waals surface area (Å²) < 4.78 is 13.1. The maximum absolute atomic E-state index is 13.1. The topological polar surface area (TPSA) is 107 Å². The van der Waals surface area contributed by atoms with Gasteiger partial charge in [-0.1, -0.05) is 6.92 Å². The number of alkyl halides is 1. The number of fused-ring (bicyclic) bond motifs is 1. The predicted octanol–water partition coefficient (Wildman–Crippen LogP) is 3.32. The summed E-state index contributed by atoms with van der Waals surface area (Å²) in [6.45, 7) is 2.03. The van der Waals surface area contributed by atoms with Crippen LogP contribution in [0.5, 0.6) is 0 Å². The molecule has 0 spiro atoms. The Morgan fingerprint density at radius 2 is 2.00 bits per heavy atom. The fourth-order valence-corrected chi connectivity index (χ4v) is 3.31. The Bertz CT molecular complexity index is 1050. The van der Waals surface area contributed by atoms with E-state index in [-0.39, 0.29) is 12.3 Å². The second kappa shape index (κ2) is 6.50. The van der Waals surface area contributed by atoms with Crippen LogP contribution < -0.4 is 16.8 Å². The molecule has 1 aliphatic rings. The molecule has 0 saturated heterocycles. The van der Waals surface area contributed by atoms with Gasteiger partial charge in [-0.3, -0.25) is 9.78 Å². The molecule has 2 atom stereocenters. The number of nitrogens with two attached hydrogens (primary N) is 2. The van der Waals surface area contributed by atoms with Gasteiger partial charge in [0.15, 0.2) is 0 Å². The molecule has 6 nitrogen and oxygen atoms in total. The molecule has 27 heavy (non-hydrogen) atoms. The molecule has 0 bridgehead atoms. The minimum atomic E-state index is -1.05. The van der Waals surface area contributed by atoms with E-state index >= 15 is 0 Å². The van der Waals surface area contributed by atoms with E-state index in [0.29, 0.717) is 17.2 Å². The number of carbonyl (C=O) groups is 1. The van der Waals surface area contributed by atoms with Crippen molar-refractivity contribution < 1.29 is 9.18 Å². The summed E-state index contributed by atoms with van der Waals surface area (Å²) in [5, 5.41) is 4.28. The van der Waals surface area contributed by atoms with Crippen molar-refractivity contribution in [2.75, 3.05) is 16.8 Å². The van der Waals surface area contributed by atoms with E-state index in [0.717, 1.165) is 33.9 Å². The molecule has 2 heterocycles. The molecule has 1 aromatic carbocycles. The first kappa shape index (κ1) is 17.2. The highest BCUT2D eigenvalue weighted by atomic mass is 19.1. The quantitative estimate of drug-likeness (QED) is 0.615. The summed E-state index contributed by atoms with van der Waals surface area (Å²) in [5.74, 6) is -0.527. The number of hydrogen-bond donors (Lipinski definition) is 3. The van der Waals surface area contributed by atoms with Gasteiger partial charge < -0.3 is 16.8 Å². The lowest BCUT2D eigenvalue weighted by atomic mass is 9.96. The van der Waals surface area contributed by atoms with Gasteiger partial charge in [-0.25, -0.2) is 9.37 Å². The fourth-order valence-electron chi connectivity index (χ4n) is 3.31. The summed E-state index contributed by atoms with van der Waals surface area (Å²) >= 11 is 0.